The van der Waals surface area contributed by atoms with Crippen molar-refractivity contribution < 1.29 is 9.47 Å². The van der Waals surface area contributed by atoms with Crippen molar-refractivity contribution in [3.05, 3.63) is 36.4 Å². The monoisotopic (exact) mass is 493 g/mol. The molecule has 148 valence electrons. The molecule has 0 saturated heterocycles. The first-order valence-corrected chi connectivity index (χ1v) is 9.92. The number of guanidine groups is 1. The van der Waals surface area contributed by atoms with E-state index in [2.05, 4.69) is 34.3 Å². The third-order valence-corrected chi connectivity index (χ3v) is 4.28. The van der Waals surface area contributed by atoms with Crippen LogP contribution in [0.1, 0.15) is 19.4 Å². The summed E-state index contributed by atoms with van der Waals surface area (Å²) in [5.41, 5.74) is 1.20. The maximum absolute atomic E-state index is 5.67. The fraction of sp³-hybridized carbons (Fsp3) is 0.526. The zero-order valence-electron chi connectivity index (χ0n) is 16.0. The molecule has 0 amide bonds. The summed E-state index contributed by atoms with van der Waals surface area (Å²) < 4.78 is 11.3. The molecule has 1 aromatic carbocycles. The van der Waals surface area contributed by atoms with E-state index in [0.717, 1.165) is 48.5 Å². The van der Waals surface area contributed by atoms with E-state index < -0.39 is 0 Å². The molecule has 0 aliphatic heterocycles. The molecule has 7 heteroatoms. The number of thioether (sulfide) groups is 1. The molecule has 0 atom stereocenters. The predicted molar refractivity (Wildman–Crippen MR) is 125 cm³/mol. The summed E-state index contributed by atoms with van der Waals surface area (Å²) in [5.74, 6) is 4.45. The second-order valence-electron chi connectivity index (χ2n) is 5.19. The topological polar surface area (TPSA) is 54.9 Å². The van der Waals surface area contributed by atoms with Gasteiger partial charge in [0.15, 0.2) is 17.5 Å². The quantitative estimate of drug-likeness (QED) is 0.153. The summed E-state index contributed by atoms with van der Waals surface area (Å²) in [4.78, 5) is 4.24. The molecule has 2 N–H and O–H groups in total. The first kappa shape index (κ1) is 24.9. The number of hydrogen-bond donors (Lipinski definition) is 2. The van der Waals surface area contributed by atoms with Crippen molar-refractivity contribution in [3.63, 3.8) is 0 Å². The number of halogens is 1. The second kappa shape index (κ2) is 16.1. The van der Waals surface area contributed by atoms with Gasteiger partial charge in [0.2, 0.25) is 0 Å². The average Bonchev–Trinajstić information content (AvgIpc) is 2.62. The fourth-order valence-corrected chi connectivity index (χ4v) is 2.78. The number of rotatable bonds is 12. The van der Waals surface area contributed by atoms with Crippen molar-refractivity contribution in [3.8, 4) is 11.5 Å². The molecule has 0 spiro atoms. The van der Waals surface area contributed by atoms with Crippen molar-refractivity contribution in [2.24, 2.45) is 4.99 Å². The van der Waals surface area contributed by atoms with Crippen LogP contribution in [0, 0.1) is 0 Å². The van der Waals surface area contributed by atoms with Crippen LogP contribution in [0.5, 0.6) is 11.5 Å². The zero-order chi connectivity index (χ0) is 18.3. The molecule has 0 saturated carbocycles. The minimum Gasteiger partial charge on any atom is -0.490 e. The Labute approximate surface area is 179 Å². The van der Waals surface area contributed by atoms with Gasteiger partial charge >= 0.3 is 0 Å². The van der Waals surface area contributed by atoms with Gasteiger partial charge in [-0.3, -0.25) is 4.99 Å². The van der Waals surface area contributed by atoms with E-state index >= 15 is 0 Å². The molecular formula is C19H32IN3O2S. The number of aliphatic imine (C=N–C) groups is 1. The summed E-state index contributed by atoms with van der Waals surface area (Å²) in [6, 6.07) is 6.11. The molecule has 0 radical (unpaired) electrons. The van der Waals surface area contributed by atoms with Crippen molar-refractivity contribution in [2.45, 2.75) is 20.3 Å². The third-order valence-electron chi connectivity index (χ3n) is 3.31. The van der Waals surface area contributed by atoms with Gasteiger partial charge in [-0.15, -0.1) is 30.6 Å². The maximum atomic E-state index is 5.67. The normalized spacial score (nSPS) is 10.7. The van der Waals surface area contributed by atoms with Gasteiger partial charge < -0.3 is 20.1 Å². The lowest BCUT2D eigenvalue weighted by molar-refractivity contribution is 0.287. The molecule has 0 aliphatic carbocycles. The average molecular weight is 493 g/mol. The lowest BCUT2D eigenvalue weighted by Gasteiger charge is -2.14. The van der Waals surface area contributed by atoms with Crippen molar-refractivity contribution in [2.75, 3.05) is 44.9 Å². The van der Waals surface area contributed by atoms with Crippen LogP contribution in [0.4, 0.5) is 0 Å². The van der Waals surface area contributed by atoms with Crippen LogP contribution in [-0.2, 0) is 6.42 Å². The Morgan fingerprint density at radius 2 is 1.85 bits per heavy atom. The van der Waals surface area contributed by atoms with Gasteiger partial charge in [-0.25, -0.2) is 0 Å². The van der Waals surface area contributed by atoms with Crippen LogP contribution in [0.3, 0.4) is 0 Å². The van der Waals surface area contributed by atoms with E-state index in [0.29, 0.717) is 13.2 Å². The Balaban J connectivity index is 0.00000625. The van der Waals surface area contributed by atoms with E-state index in [-0.39, 0.29) is 24.0 Å². The van der Waals surface area contributed by atoms with Gasteiger partial charge in [-0.1, -0.05) is 12.1 Å². The molecule has 26 heavy (non-hydrogen) atoms. The molecule has 0 fully saturated rings. The Kier molecular flexibility index (Phi) is 15.4. The molecule has 0 unspecified atom stereocenters. The molecule has 1 aromatic rings. The fourth-order valence-electron chi connectivity index (χ4n) is 2.21. The smallest absolute Gasteiger partial charge is 0.191 e. The largest absolute Gasteiger partial charge is 0.490 e. The van der Waals surface area contributed by atoms with Gasteiger partial charge in [0.1, 0.15) is 0 Å². The van der Waals surface area contributed by atoms with Crippen LogP contribution in [-0.4, -0.2) is 50.8 Å². The Morgan fingerprint density at radius 3 is 2.50 bits per heavy atom. The molecule has 0 heterocycles. The summed E-state index contributed by atoms with van der Waals surface area (Å²) in [7, 11) is 1.79. The van der Waals surface area contributed by atoms with Gasteiger partial charge in [0, 0.05) is 31.6 Å². The van der Waals surface area contributed by atoms with Gasteiger partial charge in [-0.2, -0.15) is 11.8 Å². The van der Waals surface area contributed by atoms with Crippen LogP contribution in [0.2, 0.25) is 0 Å². The molecule has 0 aliphatic rings. The first-order chi connectivity index (χ1) is 12.2. The highest BCUT2D eigenvalue weighted by atomic mass is 127. The number of hydrogen-bond acceptors (Lipinski definition) is 4. The van der Waals surface area contributed by atoms with Gasteiger partial charge in [-0.05, 0) is 38.0 Å². The SMILES string of the molecule is C=CCSCCNC(=NC)NCCc1ccc(OCC)c(OCC)c1.I. The van der Waals surface area contributed by atoms with Crippen molar-refractivity contribution in [1.82, 2.24) is 10.6 Å². The van der Waals surface area contributed by atoms with E-state index in [4.69, 9.17) is 9.47 Å². The van der Waals surface area contributed by atoms with Crippen LogP contribution < -0.4 is 20.1 Å². The lowest BCUT2D eigenvalue weighted by Crippen LogP contribution is -2.39. The zero-order valence-corrected chi connectivity index (χ0v) is 19.2. The summed E-state index contributed by atoms with van der Waals surface area (Å²) in [6.45, 7) is 10.6. The van der Waals surface area contributed by atoms with Crippen molar-refractivity contribution >= 4 is 41.7 Å². The molecular weight excluding hydrogens is 461 g/mol. The highest BCUT2D eigenvalue weighted by Gasteiger charge is 2.06. The van der Waals surface area contributed by atoms with E-state index in [1.54, 1.807) is 7.05 Å². The van der Waals surface area contributed by atoms with E-state index in [1.165, 1.54) is 5.56 Å². The second-order valence-corrected chi connectivity index (χ2v) is 6.34. The summed E-state index contributed by atoms with van der Waals surface area (Å²) in [5, 5.41) is 6.65. The minimum absolute atomic E-state index is 0. The lowest BCUT2D eigenvalue weighted by atomic mass is 10.1. The van der Waals surface area contributed by atoms with Gasteiger partial charge in [0.25, 0.3) is 0 Å². The number of benzene rings is 1. The molecule has 1 rings (SSSR count). The Bertz CT molecular complexity index is 542. The Morgan fingerprint density at radius 1 is 1.15 bits per heavy atom. The number of nitrogens with zero attached hydrogens (tertiary/aromatic N) is 1. The standard InChI is InChI=1S/C19H31N3O2S.HI/c1-5-13-25-14-12-22-19(20-4)21-11-10-16-8-9-17(23-6-2)18(15-16)24-7-3;/h5,8-9,15H,1,6-7,10-14H2,2-4H3,(H2,20,21,22);1H. The number of nitrogens with one attached hydrogen (secondary N) is 2. The molecule has 5 nitrogen and oxygen atoms in total. The first-order valence-electron chi connectivity index (χ1n) is 8.76. The minimum atomic E-state index is 0. The van der Waals surface area contributed by atoms with E-state index in [9.17, 15) is 0 Å². The van der Waals surface area contributed by atoms with Crippen molar-refractivity contribution in [1.29, 1.82) is 0 Å². The van der Waals surface area contributed by atoms with Crippen LogP contribution in [0.25, 0.3) is 0 Å². The highest BCUT2D eigenvalue weighted by molar-refractivity contribution is 14.0. The Hall–Kier alpha value is -1.09. The summed E-state index contributed by atoms with van der Waals surface area (Å²) in [6.07, 6.45) is 2.81. The summed E-state index contributed by atoms with van der Waals surface area (Å²) >= 11 is 1.85. The van der Waals surface area contributed by atoms with E-state index in [1.807, 2.05) is 37.8 Å². The van der Waals surface area contributed by atoms with Crippen LogP contribution in [0.15, 0.2) is 35.8 Å². The highest BCUT2D eigenvalue weighted by Crippen LogP contribution is 2.28. The number of ether oxygens (including phenoxy) is 2. The maximum Gasteiger partial charge on any atom is 0.191 e. The van der Waals surface area contributed by atoms with Crippen LogP contribution >= 0.6 is 35.7 Å². The third kappa shape index (κ3) is 10.2. The van der Waals surface area contributed by atoms with Gasteiger partial charge in [0.05, 0.1) is 13.2 Å². The molecule has 0 aromatic heterocycles. The molecule has 0 bridgehead atoms. The predicted octanol–water partition coefficient (Wildman–Crippen LogP) is 3.73.